The second-order valence-corrected chi connectivity index (χ2v) is 7.42. The molecule has 0 bridgehead atoms. The lowest BCUT2D eigenvalue weighted by molar-refractivity contribution is 0.0950. The SMILES string of the molecule is O=C(NCc1ccccc1)c1cccc(OS(=O)(=O)c2ccc(F)c(F)c2F)c1. The minimum atomic E-state index is -4.79. The van der Waals surface area contributed by atoms with E-state index in [0.29, 0.717) is 12.1 Å². The summed E-state index contributed by atoms with van der Waals surface area (Å²) in [6, 6.07) is 15.3. The maximum absolute atomic E-state index is 13.8. The minimum absolute atomic E-state index is 0.0967. The zero-order chi connectivity index (χ0) is 21.0. The van der Waals surface area contributed by atoms with Gasteiger partial charge in [-0.1, -0.05) is 36.4 Å². The van der Waals surface area contributed by atoms with Crippen molar-refractivity contribution in [2.24, 2.45) is 0 Å². The largest absolute Gasteiger partial charge is 0.379 e. The lowest BCUT2D eigenvalue weighted by atomic mass is 10.2. The standard InChI is InChI=1S/C20H14F3NO4S/c21-16-9-10-17(19(23)18(16)22)29(26,27)28-15-8-4-7-14(11-15)20(25)24-12-13-5-2-1-3-6-13/h1-11H,12H2,(H,24,25). The number of carbonyl (C=O) groups excluding carboxylic acids is 1. The van der Waals surface area contributed by atoms with Crippen LogP contribution in [0.25, 0.3) is 0 Å². The Morgan fingerprint density at radius 1 is 0.897 bits per heavy atom. The summed E-state index contributed by atoms with van der Waals surface area (Å²) in [6.45, 7) is 0.253. The van der Waals surface area contributed by atoms with Crippen molar-refractivity contribution in [3.05, 3.63) is 95.3 Å². The first-order chi connectivity index (χ1) is 13.8. The first kappa shape index (κ1) is 20.4. The third-order valence-corrected chi connectivity index (χ3v) is 5.13. The van der Waals surface area contributed by atoms with Gasteiger partial charge in [-0.3, -0.25) is 4.79 Å². The van der Waals surface area contributed by atoms with Crippen LogP contribution in [0.1, 0.15) is 15.9 Å². The molecule has 0 heterocycles. The smallest absolute Gasteiger partial charge is 0.342 e. The molecule has 0 saturated carbocycles. The van der Waals surface area contributed by atoms with Gasteiger partial charge < -0.3 is 9.50 Å². The summed E-state index contributed by atoms with van der Waals surface area (Å²) in [4.78, 5) is 11.1. The fourth-order valence-corrected chi connectivity index (χ4v) is 3.43. The quantitative estimate of drug-likeness (QED) is 0.486. The normalized spacial score (nSPS) is 11.1. The summed E-state index contributed by atoms with van der Waals surface area (Å²) < 4.78 is 69.4. The van der Waals surface area contributed by atoms with Crippen molar-refractivity contribution in [3.8, 4) is 5.75 Å². The molecule has 0 spiro atoms. The Kier molecular flexibility index (Phi) is 5.88. The molecule has 3 rings (SSSR count). The molecule has 0 aromatic heterocycles. The number of rotatable bonds is 6. The van der Waals surface area contributed by atoms with Crippen molar-refractivity contribution in [2.45, 2.75) is 11.4 Å². The molecular formula is C20H14F3NO4S. The zero-order valence-corrected chi connectivity index (χ0v) is 15.5. The maximum atomic E-state index is 13.8. The second kappa shape index (κ2) is 8.36. The molecule has 0 radical (unpaired) electrons. The minimum Gasteiger partial charge on any atom is -0.379 e. The Morgan fingerprint density at radius 2 is 1.62 bits per heavy atom. The monoisotopic (exact) mass is 421 g/mol. The van der Waals surface area contributed by atoms with Crippen LogP contribution in [0.15, 0.2) is 71.6 Å². The number of nitrogens with one attached hydrogen (secondary N) is 1. The number of hydrogen-bond acceptors (Lipinski definition) is 4. The van der Waals surface area contributed by atoms with Gasteiger partial charge in [0.1, 0.15) is 10.6 Å². The van der Waals surface area contributed by atoms with Crippen LogP contribution in [-0.4, -0.2) is 14.3 Å². The van der Waals surface area contributed by atoms with E-state index in [1.165, 1.54) is 18.2 Å². The predicted molar refractivity (Wildman–Crippen MR) is 98.2 cm³/mol. The highest BCUT2D eigenvalue weighted by Crippen LogP contribution is 2.24. The number of hydrogen-bond donors (Lipinski definition) is 1. The molecule has 29 heavy (non-hydrogen) atoms. The zero-order valence-electron chi connectivity index (χ0n) is 14.7. The highest BCUT2D eigenvalue weighted by Gasteiger charge is 2.26. The van der Waals surface area contributed by atoms with E-state index in [2.05, 4.69) is 5.32 Å². The van der Waals surface area contributed by atoms with Crippen LogP contribution in [0.3, 0.4) is 0 Å². The molecule has 1 amide bonds. The summed E-state index contributed by atoms with van der Waals surface area (Å²) in [7, 11) is -4.79. The third kappa shape index (κ3) is 4.75. The lowest BCUT2D eigenvalue weighted by Gasteiger charge is -2.10. The number of amides is 1. The molecule has 3 aromatic carbocycles. The van der Waals surface area contributed by atoms with Crippen LogP contribution in [0, 0.1) is 17.5 Å². The van der Waals surface area contributed by atoms with E-state index in [1.807, 2.05) is 30.3 Å². The molecule has 0 aliphatic heterocycles. The fourth-order valence-electron chi connectivity index (χ4n) is 2.44. The lowest BCUT2D eigenvalue weighted by Crippen LogP contribution is -2.22. The summed E-state index contributed by atoms with van der Waals surface area (Å²) in [5.74, 6) is -6.12. The van der Waals surface area contributed by atoms with Crippen LogP contribution in [0.5, 0.6) is 5.75 Å². The molecule has 0 saturated heterocycles. The molecule has 0 fully saturated rings. The van der Waals surface area contributed by atoms with E-state index < -0.39 is 38.4 Å². The molecule has 1 N–H and O–H groups in total. The van der Waals surface area contributed by atoms with Crippen LogP contribution in [0.2, 0.25) is 0 Å². The highest BCUT2D eigenvalue weighted by molar-refractivity contribution is 7.87. The number of benzene rings is 3. The average molecular weight is 421 g/mol. The van der Waals surface area contributed by atoms with Gasteiger partial charge in [-0.05, 0) is 35.9 Å². The van der Waals surface area contributed by atoms with E-state index >= 15 is 0 Å². The third-order valence-electron chi connectivity index (χ3n) is 3.87. The summed E-state index contributed by atoms with van der Waals surface area (Å²) in [6.07, 6.45) is 0. The Balaban J connectivity index is 1.77. The number of halogens is 3. The first-order valence-electron chi connectivity index (χ1n) is 8.28. The molecule has 5 nitrogen and oxygen atoms in total. The van der Waals surface area contributed by atoms with Gasteiger partial charge in [0, 0.05) is 12.1 Å². The summed E-state index contributed by atoms with van der Waals surface area (Å²) in [5.41, 5.74) is 0.962. The van der Waals surface area contributed by atoms with Crippen LogP contribution >= 0.6 is 0 Å². The molecule has 0 aliphatic rings. The van der Waals surface area contributed by atoms with Crippen molar-refractivity contribution in [2.75, 3.05) is 0 Å². The Morgan fingerprint density at radius 3 is 2.34 bits per heavy atom. The topological polar surface area (TPSA) is 72.5 Å². The number of carbonyl (C=O) groups is 1. The van der Waals surface area contributed by atoms with Crippen LogP contribution in [-0.2, 0) is 16.7 Å². The second-order valence-electron chi connectivity index (χ2n) is 5.91. The van der Waals surface area contributed by atoms with E-state index in [9.17, 15) is 26.4 Å². The summed E-state index contributed by atoms with van der Waals surface area (Å²) in [5, 5.41) is 2.66. The molecule has 150 valence electrons. The van der Waals surface area contributed by atoms with Crippen molar-refractivity contribution in [3.63, 3.8) is 0 Å². The van der Waals surface area contributed by atoms with Crippen LogP contribution < -0.4 is 9.50 Å². The van der Waals surface area contributed by atoms with Crippen LogP contribution in [0.4, 0.5) is 13.2 Å². The van der Waals surface area contributed by atoms with Gasteiger partial charge in [0.15, 0.2) is 17.5 Å². The summed E-state index contributed by atoms with van der Waals surface area (Å²) >= 11 is 0. The van der Waals surface area contributed by atoms with Gasteiger partial charge in [-0.25, -0.2) is 13.2 Å². The molecule has 3 aromatic rings. The predicted octanol–water partition coefficient (Wildman–Crippen LogP) is 3.80. The van der Waals surface area contributed by atoms with Crippen molar-refractivity contribution >= 4 is 16.0 Å². The van der Waals surface area contributed by atoms with E-state index in [0.717, 1.165) is 11.6 Å². The molecular weight excluding hydrogens is 407 g/mol. The van der Waals surface area contributed by atoms with E-state index in [-0.39, 0.29) is 17.9 Å². The van der Waals surface area contributed by atoms with Gasteiger partial charge in [0.05, 0.1) is 0 Å². The maximum Gasteiger partial charge on any atom is 0.342 e. The average Bonchev–Trinajstić information content (AvgIpc) is 2.70. The van der Waals surface area contributed by atoms with Crippen molar-refractivity contribution in [1.82, 2.24) is 5.32 Å². The Hall–Kier alpha value is -3.33. The molecule has 0 aliphatic carbocycles. The molecule has 0 unspecified atom stereocenters. The van der Waals surface area contributed by atoms with Crippen molar-refractivity contribution < 1.29 is 30.6 Å². The van der Waals surface area contributed by atoms with Gasteiger partial charge in [0.2, 0.25) is 0 Å². The Labute approximate surface area is 164 Å². The molecule has 9 heteroatoms. The van der Waals surface area contributed by atoms with Gasteiger partial charge in [-0.2, -0.15) is 8.42 Å². The highest BCUT2D eigenvalue weighted by atomic mass is 32.2. The van der Waals surface area contributed by atoms with E-state index in [4.69, 9.17) is 4.18 Å². The first-order valence-corrected chi connectivity index (χ1v) is 9.69. The van der Waals surface area contributed by atoms with Gasteiger partial charge in [0.25, 0.3) is 5.91 Å². The van der Waals surface area contributed by atoms with Gasteiger partial charge in [-0.15, -0.1) is 0 Å². The Bertz CT molecular complexity index is 1150. The fraction of sp³-hybridized carbons (Fsp3) is 0.0500. The van der Waals surface area contributed by atoms with E-state index in [1.54, 1.807) is 0 Å². The van der Waals surface area contributed by atoms with Crippen molar-refractivity contribution in [1.29, 1.82) is 0 Å². The molecule has 0 atom stereocenters. The van der Waals surface area contributed by atoms with Gasteiger partial charge >= 0.3 is 10.1 Å².